The Balaban J connectivity index is 1.90. The largest absolute Gasteiger partial charge is 0.348 e. The molecule has 0 bridgehead atoms. The Kier molecular flexibility index (Phi) is 6.75. The van der Waals surface area contributed by atoms with Crippen LogP contribution in [0.5, 0.6) is 0 Å². The van der Waals surface area contributed by atoms with E-state index in [-0.39, 0.29) is 17.3 Å². The Morgan fingerprint density at radius 1 is 0.968 bits per heavy atom. The average Bonchev–Trinajstić information content (AvgIpc) is 2.75. The van der Waals surface area contributed by atoms with E-state index in [0.29, 0.717) is 5.69 Å². The number of benzene rings is 3. The van der Waals surface area contributed by atoms with Crippen LogP contribution >= 0.6 is 0 Å². The van der Waals surface area contributed by atoms with Gasteiger partial charge in [0.2, 0.25) is 5.91 Å². The van der Waals surface area contributed by atoms with Gasteiger partial charge in [-0.05, 0) is 73.9 Å². The molecule has 0 fully saturated rings. The lowest BCUT2D eigenvalue weighted by Gasteiger charge is -2.25. The fraction of sp³-hybridized carbons (Fsp3) is 0.208. The number of nitrogens with zero attached hydrogens (tertiary/aromatic N) is 1. The summed E-state index contributed by atoms with van der Waals surface area (Å²) in [4.78, 5) is 12.9. The Hall–Kier alpha value is -3.19. The van der Waals surface area contributed by atoms with Crippen molar-refractivity contribution in [2.45, 2.75) is 31.7 Å². The van der Waals surface area contributed by atoms with Crippen molar-refractivity contribution >= 4 is 21.6 Å². The zero-order valence-electron chi connectivity index (χ0n) is 17.7. The summed E-state index contributed by atoms with van der Waals surface area (Å²) in [6.45, 7) is 5.21. The molecule has 0 heterocycles. The van der Waals surface area contributed by atoms with Crippen molar-refractivity contribution in [1.82, 2.24) is 5.32 Å². The lowest BCUT2D eigenvalue weighted by atomic mass is 10.1. The first-order valence-corrected chi connectivity index (χ1v) is 11.3. The van der Waals surface area contributed by atoms with Crippen LogP contribution in [0.4, 0.5) is 10.1 Å². The summed E-state index contributed by atoms with van der Waals surface area (Å²) < 4.78 is 41.0. The molecule has 0 saturated carbocycles. The molecule has 1 atom stereocenters. The minimum atomic E-state index is -3.96. The molecule has 3 aromatic rings. The van der Waals surface area contributed by atoms with Crippen molar-refractivity contribution in [2.24, 2.45) is 0 Å². The summed E-state index contributed by atoms with van der Waals surface area (Å²) in [6.07, 6.45) is 0. The Labute approximate surface area is 182 Å². The third kappa shape index (κ3) is 5.30. The van der Waals surface area contributed by atoms with Crippen molar-refractivity contribution < 1.29 is 17.6 Å². The fourth-order valence-corrected chi connectivity index (χ4v) is 4.60. The van der Waals surface area contributed by atoms with Gasteiger partial charge in [-0.2, -0.15) is 0 Å². The van der Waals surface area contributed by atoms with Crippen LogP contribution in [0.25, 0.3) is 0 Å². The number of aryl methyl sites for hydroxylation is 2. The molecule has 0 spiro atoms. The number of halogens is 1. The summed E-state index contributed by atoms with van der Waals surface area (Å²) in [5, 5.41) is 2.80. The summed E-state index contributed by atoms with van der Waals surface area (Å²) in [7, 11) is -3.96. The molecule has 0 radical (unpaired) electrons. The van der Waals surface area contributed by atoms with Crippen LogP contribution in [0.15, 0.2) is 77.7 Å². The quantitative estimate of drug-likeness (QED) is 0.588. The molecule has 162 valence electrons. The van der Waals surface area contributed by atoms with Crippen LogP contribution in [-0.4, -0.2) is 20.9 Å². The van der Waals surface area contributed by atoms with Crippen molar-refractivity contribution in [3.05, 3.63) is 95.3 Å². The lowest BCUT2D eigenvalue weighted by molar-refractivity contribution is -0.120. The minimum Gasteiger partial charge on any atom is -0.348 e. The predicted octanol–water partition coefficient (Wildman–Crippen LogP) is 4.52. The van der Waals surface area contributed by atoms with Crippen LogP contribution in [-0.2, 0) is 14.8 Å². The maximum absolute atomic E-state index is 13.4. The summed E-state index contributed by atoms with van der Waals surface area (Å²) in [5.41, 5.74) is 3.08. The van der Waals surface area contributed by atoms with Gasteiger partial charge in [0, 0.05) is 0 Å². The number of rotatable bonds is 7. The standard InChI is InChI=1S/C24H25FN2O3S/c1-17-9-14-22(15-18(17)2)27(31(29,30)23-7-5-4-6-8-23)16-24(28)26-19(3)20-10-12-21(25)13-11-20/h4-15,19H,16H2,1-3H3,(H,26,28)/t19-/m0/s1. The zero-order chi connectivity index (χ0) is 22.6. The Morgan fingerprint density at radius 3 is 2.23 bits per heavy atom. The van der Waals surface area contributed by atoms with E-state index in [1.54, 1.807) is 49.4 Å². The number of amides is 1. The highest BCUT2D eigenvalue weighted by Gasteiger charge is 2.27. The second-order valence-corrected chi connectivity index (χ2v) is 9.30. The molecule has 5 nitrogen and oxygen atoms in total. The molecule has 0 aliphatic carbocycles. The molecule has 7 heteroatoms. The summed E-state index contributed by atoms with van der Waals surface area (Å²) >= 11 is 0. The van der Waals surface area contributed by atoms with Crippen molar-refractivity contribution in [3.8, 4) is 0 Å². The van der Waals surface area contributed by atoms with Gasteiger partial charge in [-0.1, -0.05) is 36.4 Å². The van der Waals surface area contributed by atoms with E-state index in [2.05, 4.69) is 5.32 Å². The molecule has 3 rings (SSSR count). The van der Waals surface area contributed by atoms with Gasteiger partial charge >= 0.3 is 0 Å². The van der Waals surface area contributed by atoms with Crippen LogP contribution in [0.1, 0.15) is 29.7 Å². The van der Waals surface area contributed by atoms with Crippen LogP contribution in [0.3, 0.4) is 0 Å². The van der Waals surface area contributed by atoms with Crippen molar-refractivity contribution in [2.75, 3.05) is 10.8 Å². The molecule has 0 saturated heterocycles. The first-order chi connectivity index (χ1) is 14.7. The number of anilines is 1. The Bertz CT molecular complexity index is 1160. The lowest BCUT2D eigenvalue weighted by Crippen LogP contribution is -2.41. The number of hydrogen-bond acceptors (Lipinski definition) is 3. The molecule has 0 aliphatic rings. The van der Waals surface area contributed by atoms with Gasteiger partial charge in [0.05, 0.1) is 16.6 Å². The molecule has 3 aromatic carbocycles. The minimum absolute atomic E-state index is 0.104. The van der Waals surface area contributed by atoms with Gasteiger partial charge in [-0.3, -0.25) is 9.10 Å². The SMILES string of the molecule is Cc1ccc(N(CC(=O)N[C@@H](C)c2ccc(F)cc2)S(=O)(=O)c2ccccc2)cc1C. The van der Waals surface area contributed by atoms with E-state index in [1.165, 1.54) is 24.3 Å². The fourth-order valence-electron chi connectivity index (χ4n) is 3.17. The first kappa shape index (κ1) is 22.5. The molecule has 1 amide bonds. The zero-order valence-corrected chi connectivity index (χ0v) is 18.5. The van der Waals surface area contributed by atoms with Crippen LogP contribution in [0, 0.1) is 19.7 Å². The van der Waals surface area contributed by atoms with Gasteiger partial charge in [-0.15, -0.1) is 0 Å². The number of sulfonamides is 1. The van der Waals surface area contributed by atoms with Crippen molar-refractivity contribution in [3.63, 3.8) is 0 Å². The molecular formula is C24H25FN2O3S. The summed E-state index contributed by atoms with van der Waals surface area (Å²) in [5.74, 6) is -0.827. The van der Waals surface area contributed by atoms with Crippen LogP contribution < -0.4 is 9.62 Å². The number of nitrogens with one attached hydrogen (secondary N) is 1. The van der Waals surface area contributed by atoms with E-state index >= 15 is 0 Å². The molecule has 0 aliphatic heterocycles. The predicted molar refractivity (Wildman–Crippen MR) is 120 cm³/mol. The van der Waals surface area contributed by atoms with E-state index in [0.717, 1.165) is 21.0 Å². The molecule has 0 unspecified atom stereocenters. The topological polar surface area (TPSA) is 66.5 Å². The monoisotopic (exact) mass is 440 g/mol. The number of carbonyl (C=O) groups excluding carboxylic acids is 1. The normalized spacial score (nSPS) is 12.3. The highest BCUT2D eigenvalue weighted by molar-refractivity contribution is 7.92. The van der Waals surface area contributed by atoms with E-state index in [1.807, 2.05) is 19.9 Å². The van der Waals surface area contributed by atoms with E-state index < -0.39 is 22.0 Å². The third-order valence-electron chi connectivity index (χ3n) is 5.14. The van der Waals surface area contributed by atoms with Gasteiger partial charge < -0.3 is 5.32 Å². The Morgan fingerprint density at radius 2 is 1.61 bits per heavy atom. The van der Waals surface area contributed by atoms with Crippen LogP contribution in [0.2, 0.25) is 0 Å². The van der Waals surface area contributed by atoms with Crippen molar-refractivity contribution in [1.29, 1.82) is 0 Å². The average molecular weight is 441 g/mol. The maximum atomic E-state index is 13.4. The van der Waals surface area contributed by atoms with E-state index in [4.69, 9.17) is 0 Å². The van der Waals surface area contributed by atoms with Gasteiger partial charge in [0.1, 0.15) is 12.4 Å². The molecular weight excluding hydrogens is 415 g/mol. The smallest absolute Gasteiger partial charge is 0.264 e. The number of carbonyl (C=O) groups is 1. The molecule has 0 aromatic heterocycles. The molecule has 1 N–H and O–H groups in total. The highest BCUT2D eigenvalue weighted by atomic mass is 32.2. The second kappa shape index (κ2) is 9.31. The highest BCUT2D eigenvalue weighted by Crippen LogP contribution is 2.26. The third-order valence-corrected chi connectivity index (χ3v) is 6.93. The maximum Gasteiger partial charge on any atom is 0.264 e. The first-order valence-electron chi connectivity index (χ1n) is 9.88. The second-order valence-electron chi connectivity index (χ2n) is 7.43. The van der Waals surface area contributed by atoms with Gasteiger partial charge in [0.15, 0.2) is 0 Å². The van der Waals surface area contributed by atoms with Gasteiger partial charge in [0.25, 0.3) is 10.0 Å². The van der Waals surface area contributed by atoms with E-state index in [9.17, 15) is 17.6 Å². The number of hydrogen-bond donors (Lipinski definition) is 1. The molecule has 31 heavy (non-hydrogen) atoms. The van der Waals surface area contributed by atoms with Gasteiger partial charge in [-0.25, -0.2) is 12.8 Å². The summed E-state index contributed by atoms with van der Waals surface area (Å²) in [6, 6.07) is 18.7.